The third kappa shape index (κ3) is 2.94. The minimum absolute atomic E-state index is 0.123. The Morgan fingerprint density at radius 2 is 2.06 bits per heavy atom. The van der Waals surface area contributed by atoms with Crippen molar-refractivity contribution < 1.29 is 14.7 Å². The molecule has 0 aromatic heterocycles. The van der Waals surface area contributed by atoms with Gasteiger partial charge in [0.25, 0.3) is 0 Å². The maximum atomic E-state index is 12.2. The number of carbonyl (C=O) groups excluding carboxylic acids is 1. The maximum absolute atomic E-state index is 12.2. The molecule has 1 saturated carbocycles. The maximum Gasteiger partial charge on any atom is 0.319 e. The molecule has 0 aromatic carbocycles. The largest absolute Gasteiger partial charge is 0.481 e. The molecule has 1 aliphatic carbocycles. The smallest absolute Gasteiger partial charge is 0.319 e. The Kier molecular flexibility index (Phi) is 4.09. The van der Waals surface area contributed by atoms with Crippen LogP contribution in [-0.2, 0) is 4.79 Å². The van der Waals surface area contributed by atoms with Gasteiger partial charge in [0, 0.05) is 32.6 Å². The summed E-state index contributed by atoms with van der Waals surface area (Å²) >= 11 is 0. The van der Waals surface area contributed by atoms with Crippen molar-refractivity contribution in [2.24, 2.45) is 5.92 Å². The molecule has 0 bridgehead atoms. The molecular weight excluding hydrogens is 232 g/mol. The number of urea groups is 1. The number of hydrogen-bond acceptors (Lipinski definition) is 2. The molecule has 0 spiro atoms. The molecule has 1 heterocycles. The van der Waals surface area contributed by atoms with Crippen LogP contribution in [0.1, 0.15) is 38.5 Å². The summed E-state index contributed by atoms with van der Waals surface area (Å²) in [5.74, 6) is -0.383. The van der Waals surface area contributed by atoms with Crippen molar-refractivity contribution in [2.75, 3.05) is 20.1 Å². The Morgan fingerprint density at radius 3 is 2.61 bits per heavy atom. The Balaban J connectivity index is 1.77. The van der Waals surface area contributed by atoms with Crippen LogP contribution in [0.3, 0.4) is 0 Å². The number of hydrogen-bond donors (Lipinski definition) is 1. The zero-order valence-electron chi connectivity index (χ0n) is 11.0. The molecule has 1 saturated heterocycles. The Morgan fingerprint density at radius 1 is 1.33 bits per heavy atom. The van der Waals surface area contributed by atoms with Crippen molar-refractivity contribution in [3.05, 3.63) is 0 Å². The highest BCUT2D eigenvalue weighted by Gasteiger charge is 2.32. The van der Waals surface area contributed by atoms with Crippen molar-refractivity contribution in [3.63, 3.8) is 0 Å². The van der Waals surface area contributed by atoms with Gasteiger partial charge in [0.15, 0.2) is 0 Å². The summed E-state index contributed by atoms with van der Waals surface area (Å²) < 4.78 is 0. The van der Waals surface area contributed by atoms with Crippen LogP contribution in [-0.4, -0.2) is 53.1 Å². The summed E-state index contributed by atoms with van der Waals surface area (Å²) in [7, 11) is 1.89. The van der Waals surface area contributed by atoms with Crippen LogP contribution >= 0.6 is 0 Å². The molecule has 2 rings (SSSR count). The number of likely N-dealkylation sites (tertiary alicyclic amines) is 1. The van der Waals surface area contributed by atoms with Crippen LogP contribution in [0.15, 0.2) is 0 Å². The van der Waals surface area contributed by atoms with E-state index in [0.717, 1.165) is 32.4 Å². The van der Waals surface area contributed by atoms with Crippen LogP contribution in [0, 0.1) is 5.92 Å². The van der Waals surface area contributed by atoms with Gasteiger partial charge in [0.1, 0.15) is 0 Å². The summed E-state index contributed by atoms with van der Waals surface area (Å²) in [6.07, 6.45) is 5.31. The number of carboxylic acid groups (broad SMARTS) is 1. The van der Waals surface area contributed by atoms with Gasteiger partial charge in [-0.3, -0.25) is 4.79 Å². The monoisotopic (exact) mass is 254 g/mol. The highest BCUT2D eigenvalue weighted by Crippen LogP contribution is 2.27. The summed E-state index contributed by atoms with van der Waals surface area (Å²) in [5.41, 5.74) is 0. The topological polar surface area (TPSA) is 60.9 Å². The normalized spacial score (nSPS) is 23.8. The first-order valence-corrected chi connectivity index (χ1v) is 6.81. The van der Waals surface area contributed by atoms with E-state index in [-0.39, 0.29) is 12.5 Å². The van der Waals surface area contributed by atoms with Crippen LogP contribution < -0.4 is 0 Å². The van der Waals surface area contributed by atoms with Gasteiger partial charge in [-0.05, 0) is 38.0 Å². The molecule has 102 valence electrons. The van der Waals surface area contributed by atoms with Gasteiger partial charge >= 0.3 is 12.0 Å². The van der Waals surface area contributed by atoms with E-state index in [2.05, 4.69) is 0 Å². The number of rotatable bonds is 4. The van der Waals surface area contributed by atoms with Gasteiger partial charge in [-0.1, -0.05) is 0 Å². The molecule has 1 aliphatic heterocycles. The molecular formula is C13H22N2O3. The van der Waals surface area contributed by atoms with Gasteiger partial charge in [0.2, 0.25) is 0 Å². The Bertz CT molecular complexity index is 328. The van der Waals surface area contributed by atoms with Crippen LogP contribution in [0.25, 0.3) is 0 Å². The molecule has 5 nitrogen and oxygen atoms in total. The summed E-state index contributed by atoms with van der Waals surface area (Å²) in [6, 6.07) is 0.549. The fourth-order valence-electron chi connectivity index (χ4n) is 2.72. The summed E-state index contributed by atoms with van der Waals surface area (Å²) in [4.78, 5) is 26.5. The van der Waals surface area contributed by atoms with Crippen LogP contribution in [0.2, 0.25) is 0 Å². The molecule has 5 heteroatoms. The summed E-state index contributed by atoms with van der Waals surface area (Å²) in [5, 5.41) is 8.66. The quantitative estimate of drug-likeness (QED) is 0.831. The first-order valence-electron chi connectivity index (χ1n) is 6.81. The molecule has 2 aliphatic rings. The van der Waals surface area contributed by atoms with Crippen molar-refractivity contribution >= 4 is 12.0 Å². The number of nitrogens with zero attached hydrogens (tertiary/aromatic N) is 2. The van der Waals surface area contributed by atoms with E-state index in [1.807, 2.05) is 16.8 Å². The third-order valence-electron chi connectivity index (χ3n) is 4.25. The number of carboxylic acids is 1. The standard InChI is InChI=1S/C13H22N2O3/c1-14(11-3-2-4-11)13(18)15-8-7-10(9-15)5-6-12(16)17/h10-11H,2-9H2,1H3,(H,16,17). The lowest BCUT2D eigenvalue weighted by molar-refractivity contribution is -0.137. The number of aliphatic carboxylic acids is 1. The van der Waals surface area contributed by atoms with Gasteiger partial charge in [-0.2, -0.15) is 0 Å². The molecule has 2 fully saturated rings. The van der Waals surface area contributed by atoms with Crippen molar-refractivity contribution in [2.45, 2.75) is 44.6 Å². The first kappa shape index (κ1) is 13.2. The molecule has 18 heavy (non-hydrogen) atoms. The highest BCUT2D eigenvalue weighted by atomic mass is 16.4. The second kappa shape index (κ2) is 5.59. The van der Waals surface area contributed by atoms with Crippen molar-refractivity contribution in [1.82, 2.24) is 9.80 Å². The number of amides is 2. The zero-order valence-corrected chi connectivity index (χ0v) is 11.0. The van der Waals surface area contributed by atoms with E-state index in [9.17, 15) is 9.59 Å². The SMILES string of the molecule is CN(C(=O)N1CCC(CCC(=O)O)C1)C1CCC1. The third-order valence-corrected chi connectivity index (χ3v) is 4.25. The van der Waals surface area contributed by atoms with Gasteiger partial charge < -0.3 is 14.9 Å². The average Bonchev–Trinajstić information content (AvgIpc) is 2.71. The molecule has 0 radical (unpaired) electrons. The molecule has 1 N–H and O–H groups in total. The minimum atomic E-state index is -0.744. The van der Waals surface area contributed by atoms with Gasteiger partial charge in [-0.25, -0.2) is 4.79 Å². The second-order valence-electron chi connectivity index (χ2n) is 5.51. The van der Waals surface area contributed by atoms with E-state index >= 15 is 0 Å². The fraction of sp³-hybridized carbons (Fsp3) is 0.846. The Hall–Kier alpha value is -1.26. The van der Waals surface area contributed by atoms with E-state index < -0.39 is 5.97 Å². The van der Waals surface area contributed by atoms with Crippen molar-refractivity contribution in [1.29, 1.82) is 0 Å². The summed E-state index contributed by atoms with van der Waals surface area (Å²) in [6.45, 7) is 1.50. The fourth-order valence-corrected chi connectivity index (χ4v) is 2.72. The lowest BCUT2D eigenvalue weighted by Gasteiger charge is -2.37. The first-order chi connectivity index (χ1) is 8.58. The molecule has 1 atom stereocenters. The second-order valence-corrected chi connectivity index (χ2v) is 5.51. The zero-order chi connectivity index (χ0) is 13.1. The van der Waals surface area contributed by atoms with Gasteiger partial charge in [-0.15, -0.1) is 0 Å². The van der Waals surface area contributed by atoms with Crippen LogP contribution in [0.4, 0.5) is 4.79 Å². The van der Waals surface area contributed by atoms with E-state index in [0.29, 0.717) is 18.4 Å². The van der Waals surface area contributed by atoms with Crippen molar-refractivity contribution in [3.8, 4) is 0 Å². The minimum Gasteiger partial charge on any atom is -0.481 e. The highest BCUT2D eigenvalue weighted by molar-refractivity contribution is 5.75. The van der Waals surface area contributed by atoms with Crippen LogP contribution in [0.5, 0.6) is 0 Å². The molecule has 2 amide bonds. The Labute approximate surface area is 108 Å². The number of carbonyl (C=O) groups is 2. The predicted molar refractivity (Wildman–Crippen MR) is 67.3 cm³/mol. The molecule has 1 unspecified atom stereocenters. The average molecular weight is 254 g/mol. The van der Waals surface area contributed by atoms with Gasteiger partial charge in [0.05, 0.1) is 0 Å². The predicted octanol–water partition coefficient (Wildman–Crippen LogP) is 1.78. The lowest BCUT2D eigenvalue weighted by Crippen LogP contribution is -2.47. The van der Waals surface area contributed by atoms with E-state index in [4.69, 9.17) is 5.11 Å². The molecule has 0 aromatic rings. The lowest BCUT2D eigenvalue weighted by atomic mass is 9.92. The van der Waals surface area contributed by atoms with E-state index in [1.54, 1.807) is 0 Å². The van der Waals surface area contributed by atoms with E-state index in [1.165, 1.54) is 6.42 Å².